The Labute approximate surface area is 116 Å². The Morgan fingerprint density at radius 3 is 2.65 bits per heavy atom. The summed E-state index contributed by atoms with van der Waals surface area (Å²) in [5.74, 6) is 0.638. The maximum Gasteiger partial charge on any atom is 0.338 e. The molecule has 0 spiro atoms. The minimum Gasteiger partial charge on any atom is -0.462 e. The Kier molecular flexibility index (Phi) is 4.40. The minimum absolute atomic E-state index is 0.291. The summed E-state index contributed by atoms with van der Waals surface area (Å²) in [7, 11) is 0. The van der Waals surface area contributed by atoms with Crippen LogP contribution in [0.15, 0.2) is 40.8 Å². The first kappa shape index (κ1) is 13.7. The van der Waals surface area contributed by atoms with Gasteiger partial charge in [0.2, 0.25) is 5.76 Å². The van der Waals surface area contributed by atoms with Gasteiger partial charge in [-0.05, 0) is 43.3 Å². The molecule has 2 aromatic rings. The summed E-state index contributed by atoms with van der Waals surface area (Å²) in [6.07, 6.45) is 0. The van der Waals surface area contributed by atoms with E-state index in [-0.39, 0.29) is 5.97 Å². The lowest BCUT2D eigenvalue weighted by atomic mass is 10.2. The molecule has 102 valence electrons. The number of rotatable bonds is 5. The third kappa shape index (κ3) is 3.39. The largest absolute Gasteiger partial charge is 0.462 e. The quantitative estimate of drug-likeness (QED) is 0.845. The molecule has 1 aromatic heterocycles. The van der Waals surface area contributed by atoms with Crippen LogP contribution in [0.1, 0.15) is 28.8 Å². The lowest BCUT2D eigenvalue weighted by Gasteiger charge is -2.06. The number of nitriles is 1. The second kappa shape index (κ2) is 6.43. The fourth-order valence-electron chi connectivity index (χ4n) is 1.66. The van der Waals surface area contributed by atoms with E-state index in [1.807, 2.05) is 6.07 Å². The molecule has 1 N–H and O–H groups in total. The molecule has 0 atom stereocenters. The molecular weight excluding hydrogens is 256 g/mol. The lowest BCUT2D eigenvalue weighted by Crippen LogP contribution is -2.05. The van der Waals surface area contributed by atoms with Gasteiger partial charge >= 0.3 is 5.97 Å². The van der Waals surface area contributed by atoms with E-state index in [1.54, 1.807) is 43.3 Å². The molecule has 0 aliphatic rings. The van der Waals surface area contributed by atoms with E-state index >= 15 is 0 Å². The average Bonchev–Trinajstić information content (AvgIpc) is 2.94. The number of hydrogen-bond donors (Lipinski definition) is 1. The molecule has 0 unspecified atom stereocenters. The maximum absolute atomic E-state index is 11.5. The van der Waals surface area contributed by atoms with Gasteiger partial charge in [0.25, 0.3) is 0 Å². The molecule has 1 aromatic carbocycles. The first-order chi connectivity index (χ1) is 9.72. The molecule has 5 nitrogen and oxygen atoms in total. The van der Waals surface area contributed by atoms with Crippen LogP contribution in [0.2, 0.25) is 0 Å². The van der Waals surface area contributed by atoms with Crippen LogP contribution < -0.4 is 5.32 Å². The Bertz CT molecular complexity index is 623. The summed E-state index contributed by atoms with van der Waals surface area (Å²) in [4.78, 5) is 11.5. The number of hydrogen-bond acceptors (Lipinski definition) is 5. The monoisotopic (exact) mass is 270 g/mol. The van der Waals surface area contributed by atoms with Crippen LogP contribution in [0, 0.1) is 11.3 Å². The molecular formula is C15H14N2O3. The zero-order valence-electron chi connectivity index (χ0n) is 11.1. The third-order valence-corrected chi connectivity index (χ3v) is 2.63. The van der Waals surface area contributed by atoms with Crippen molar-refractivity contribution in [3.05, 3.63) is 53.5 Å². The topological polar surface area (TPSA) is 75.3 Å². The highest BCUT2D eigenvalue weighted by Gasteiger charge is 2.06. The molecule has 0 saturated heterocycles. The van der Waals surface area contributed by atoms with Gasteiger partial charge in [0, 0.05) is 5.69 Å². The Morgan fingerprint density at radius 2 is 2.05 bits per heavy atom. The number of esters is 1. The van der Waals surface area contributed by atoms with Crippen molar-refractivity contribution in [3.63, 3.8) is 0 Å². The fourth-order valence-corrected chi connectivity index (χ4v) is 1.66. The van der Waals surface area contributed by atoms with Crippen molar-refractivity contribution < 1.29 is 13.9 Å². The maximum atomic E-state index is 11.5. The second-order valence-corrected chi connectivity index (χ2v) is 4.03. The third-order valence-electron chi connectivity index (χ3n) is 2.63. The van der Waals surface area contributed by atoms with Crippen molar-refractivity contribution >= 4 is 11.7 Å². The zero-order chi connectivity index (χ0) is 14.4. The van der Waals surface area contributed by atoms with Crippen LogP contribution in [-0.2, 0) is 11.3 Å². The molecule has 2 rings (SSSR count). The van der Waals surface area contributed by atoms with Gasteiger partial charge in [-0.25, -0.2) is 4.79 Å². The lowest BCUT2D eigenvalue weighted by molar-refractivity contribution is 0.0526. The normalized spacial score (nSPS) is 9.80. The number of benzene rings is 1. The highest BCUT2D eigenvalue weighted by atomic mass is 16.5. The van der Waals surface area contributed by atoms with Gasteiger partial charge in [-0.3, -0.25) is 0 Å². The molecule has 20 heavy (non-hydrogen) atoms. The highest BCUT2D eigenvalue weighted by molar-refractivity contribution is 5.89. The molecule has 0 bridgehead atoms. The van der Waals surface area contributed by atoms with Gasteiger partial charge in [0.05, 0.1) is 18.7 Å². The first-order valence-electron chi connectivity index (χ1n) is 6.23. The smallest absolute Gasteiger partial charge is 0.338 e. The van der Waals surface area contributed by atoms with E-state index in [9.17, 15) is 4.79 Å². The van der Waals surface area contributed by atoms with Crippen molar-refractivity contribution in [1.82, 2.24) is 0 Å². The number of carbonyl (C=O) groups is 1. The second-order valence-electron chi connectivity index (χ2n) is 4.03. The predicted molar refractivity (Wildman–Crippen MR) is 73.1 cm³/mol. The van der Waals surface area contributed by atoms with Crippen LogP contribution in [0.4, 0.5) is 5.69 Å². The van der Waals surface area contributed by atoms with Gasteiger partial charge in [0.1, 0.15) is 11.8 Å². The van der Waals surface area contributed by atoms with Crippen LogP contribution in [0.5, 0.6) is 0 Å². The van der Waals surface area contributed by atoms with Gasteiger partial charge < -0.3 is 14.5 Å². The van der Waals surface area contributed by atoms with E-state index in [0.29, 0.717) is 30.2 Å². The molecule has 0 fully saturated rings. The van der Waals surface area contributed by atoms with Crippen molar-refractivity contribution in [2.45, 2.75) is 13.5 Å². The number of nitrogens with zero attached hydrogens (tertiary/aromatic N) is 1. The Balaban J connectivity index is 1.94. The molecule has 0 aliphatic carbocycles. The Morgan fingerprint density at radius 1 is 1.30 bits per heavy atom. The molecule has 1 heterocycles. The summed E-state index contributed by atoms with van der Waals surface area (Å²) in [5, 5.41) is 11.8. The highest BCUT2D eigenvalue weighted by Crippen LogP contribution is 2.13. The van der Waals surface area contributed by atoms with Crippen molar-refractivity contribution in [2.75, 3.05) is 11.9 Å². The van der Waals surface area contributed by atoms with Crippen molar-refractivity contribution in [1.29, 1.82) is 5.26 Å². The van der Waals surface area contributed by atoms with Crippen LogP contribution >= 0.6 is 0 Å². The van der Waals surface area contributed by atoms with Crippen molar-refractivity contribution in [3.8, 4) is 6.07 Å². The molecule has 0 amide bonds. The van der Waals surface area contributed by atoms with Crippen molar-refractivity contribution in [2.24, 2.45) is 0 Å². The van der Waals surface area contributed by atoms with E-state index in [2.05, 4.69) is 5.32 Å². The standard InChI is InChI=1S/C15H14N2O3/c1-2-19-15(18)11-3-5-12(6-4-11)17-10-14-8-7-13(9-16)20-14/h3-8,17H,2,10H2,1H3. The SMILES string of the molecule is CCOC(=O)c1ccc(NCc2ccc(C#N)o2)cc1. The fraction of sp³-hybridized carbons (Fsp3) is 0.200. The average molecular weight is 270 g/mol. The van der Waals surface area contributed by atoms with Gasteiger partial charge in [0.15, 0.2) is 0 Å². The van der Waals surface area contributed by atoms with E-state index in [0.717, 1.165) is 5.69 Å². The molecule has 5 heteroatoms. The Hall–Kier alpha value is -2.74. The summed E-state index contributed by atoms with van der Waals surface area (Å²) < 4.78 is 10.2. The van der Waals surface area contributed by atoms with Crippen LogP contribution in [0.25, 0.3) is 0 Å². The molecule has 0 radical (unpaired) electrons. The van der Waals surface area contributed by atoms with E-state index < -0.39 is 0 Å². The van der Waals surface area contributed by atoms with Crippen LogP contribution in [0.3, 0.4) is 0 Å². The van der Waals surface area contributed by atoms with Crippen LogP contribution in [-0.4, -0.2) is 12.6 Å². The number of furan rings is 1. The zero-order valence-corrected chi connectivity index (χ0v) is 11.1. The first-order valence-corrected chi connectivity index (χ1v) is 6.23. The molecule has 0 saturated carbocycles. The number of carbonyl (C=O) groups excluding carboxylic acids is 1. The summed E-state index contributed by atoms with van der Waals surface area (Å²) in [6, 6.07) is 12.3. The van der Waals surface area contributed by atoms with E-state index in [4.69, 9.17) is 14.4 Å². The van der Waals surface area contributed by atoms with Gasteiger partial charge in [-0.2, -0.15) is 5.26 Å². The molecule has 0 aliphatic heterocycles. The van der Waals surface area contributed by atoms with E-state index in [1.165, 1.54) is 0 Å². The minimum atomic E-state index is -0.330. The summed E-state index contributed by atoms with van der Waals surface area (Å²) in [6.45, 7) is 2.60. The number of ether oxygens (including phenoxy) is 1. The predicted octanol–water partition coefficient (Wildman–Crippen LogP) is 2.94. The number of anilines is 1. The summed E-state index contributed by atoms with van der Waals surface area (Å²) in [5.41, 5.74) is 1.37. The van der Waals surface area contributed by atoms with Gasteiger partial charge in [-0.1, -0.05) is 0 Å². The number of nitrogens with one attached hydrogen (secondary N) is 1. The van der Waals surface area contributed by atoms with Gasteiger partial charge in [-0.15, -0.1) is 0 Å². The summed E-state index contributed by atoms with van der Waals surface area (Å²) >= 11 is 0.